The summed E-state index contributed by atoms with van der Waals surface area (Å²) in [5.41, 5.74) is 2.41. The Balaban J connectivity index is 1.36. The number of sulfonamides is 1. The molecule has 39 heavy (non-hydrogen) atoms. The van der Waals surface area contributed by atoms with Gasteiger partial charge in [-0.25, -0.2) is 27.8 Å². The van der Waals surface area contributed by atoms with Gasteiger partial charge in [0.05, 0.1) is 42.1 Å². The molecular weight excluding hydrogens is 523 g/mol. The molecule has 0 bridgehead atoms. The molecule has 0 radical (unpaired) electrons. The minimum absolute atomic E-state index is 0.0569. The first-order valence-corrected chi connectivity index (χ1v) is 14.4. The molecule has 0 spiro atoms. The van der Waals surface area contributed by atoms with Gasteiger partial charge < -0.3 is 19.9 Å². The normalized spacial score (nSPS) is 16.0. The molecule has 11 nitrogen and oxygen atoms in total. The zero-order valence-corrected chi connectivity index (χ0v) is 22.7. The SMILES string of the molecule is CC(C)N1CCOc2c(C#N)cc(-c3nc(Nc4ccc(N5CCN(S(C)(=O)=O)CC5)cn4)ncc3F)cc21. The van der Waals surface area contributed by atoms with E-state index in [1.165, 1.54) is 10.6 Å². The number of fused-ring (bicyclic) bond motifs is 1. The van der Waals surface area contributed by atoms with Crippen molar-refractivity contribution in [3.8, 4) is 23.1 Å². The number of nitrogens with zero attached hydrogens (tertiary/aromatic N) is 7. The van der Waals surface area contributed by atoms with E-state index in [4.69, 9.17) is 4.74 Å². The van der Waals surface area contributed by atoms with E-state index in [-0.39, 0.29) is 17.7 Å². The number of benzene rings is 1. The summed E-state index contributed by atoms with van der Waals surface area (Å²) in [4.78, 5) is 17.1. The summed E-state index contributed by atoms with van der Waals surface area (Å²) in [5.74, 6) is 0.500. The van der Waals surface area contributed by atoms with Gasteiger partial charge in [0.25, 0.3) is 0 Å². The molecule has 0 unspecified atom stereocenters. The van der Waals surface area contributed by atoms with E-state index in [0.717, 1.165) is 17.6 Å². The van der Waals surface area contributed by atoms with Crippen LogP contribution < -0.4 is 19.9 Å². The highest BCUT2D eigenvalue weighted by Gasteiger charge is 2.26. The monoisotopic (exact) mass is 552 g/mol. The van der Waals surface area contributed by atoms with Crippen LogP contribution in [0.2, 0.25) is 0 Å². The molecular formula is C26H29FN8O3S. The highest BCUT2D eigenvalue weighted by atomic mass is 32.2. The average Bonchev–Trinajstić information content (AvgIpc) is 2.93. The van der Waals surface area contributed by atoms with Crippen molar-refractivity contribution in [2.24, 2.45) is 0 Å². The van der Waals surface area contributed by atoms with Gasteiger partial charge in [-0.1, -0.05) is 0 Å². The summed E-state index contributed by atoms with van der Waals surface area (Å²) in [5, 5.41) is 12.8. The average molecular weight is 553 g/mol. The maximum atomic E-state index is 14.9. The molecule has 0 aliphatic carbocycles. The zero-order valence-electron chi connectivity index (χ0n) is 21.9. The molecule has 2 aliphatic rings. The van der Waals surface area contributed by atoms with Crippen molar-refractivity contribution in [3.05, 3.63) is 48.0 Å². The molecule has 2 aliphatic heterocycles. The van der Waals surface area contributed by atoms with Crippen LogP contribution in [-0.4, -0.2) is 79.3 Å². The van der Waals surface area contributed by atoms with Crippen LogP contribution in [0, 0.1) is 17.1 Å². The van der Waals surface area contributed by atoms with Crippen LogP contribution in [0.25, 0.3) is 11.3 Å². The molecule has 0 atom stereocenters. The third-order valence-electron chi connectivity index (χ3n) is 6.78. The van der Waals surface area contributed by atoms with Gasteiger partial charge in [-0.3, -0.25) is 0 Å². The van der Waals surface area contributed by atoms with E-state index in [0.29, 0.717) is 62.0 Å². The molecule has 0 saturated carbocycles. The predicted molar refractivity (Wildman–Crippen MR) is 146 cm³/mol. The number of hydrogen-bond acceptors (Lipinski definition) is 10. The Hall–Kier alpha value is -4.02. The number of piperazine rings is 1. The number of ether oxygens (including phenoxy) is 1. The lowest BCUT2D eigenvalue weighted by Crippen LogP contribution is -2.48. The highest BCUT2D eigenvalue weighted by Crippen LogP contribution is 2.40. The summed E-state index contributed by atoms with van der Waals surface area (Å²) < 4.78 is 45.7. The van der Waals surface area contributed by atoms with Crippen molar-refractivity contribution in [1.82, 2.24) is 19.3 Å². The smallest absolute Gasteiger partial charge is 0.229 e. The molecule has 1 fully saturated rings. The molecule has 1 saturated heterocycles. The lowest BCUT2D eigenvalue weighted by molar-refractivity contribution is 0.302. The van der Waals surface area contributed by atoms with Gasteiger partial charge in [-0.2, -0.15) is 9.57 Å². The number of hydrogen-bond donors (Lipinski definition) is 1. The molecule has 3 aromatic rings. The lowest BCUT2D eigenvalue weighted by Gasteiger charge is -2.35. The van der Waals surface area contributed by atoms with E-state index in [2.05, 4.69) is 50.0 Å². The molecule has 13 heteroatoms. The van der Waals surface area contributed by atoms with E-state index in [1.54, 1.807) is 24.4 Å². The minimum atomic E-state index is -3.20. The summed E-state index contributed by atoms with van der Waals surface area (Å²) in [7, 11) is -3.20. The zero-order chi connectivity index (χ0) is 27.7. The maximum Gasteiger partial charge on any atom is 0.229 e. The molecule has 2 aromatic heterocycles. The van der Waals surface area contributed by atoms with Gasteiger partial charge in [0, 0.05) is 37.8 Å². The predicted octanol–water partition coefficient (Wildman–Crippen LogP) is 2.98. The van der Waals surface area contributed by atoms with Crippen molar-refractivity contribution in [3.63, 3.8) is 0 Å². The quantitative estimate of drug-likeness (QED) is 0.487. The summed E-state index contributed by atoms with van der Waals surface area (Å²) in [6.45, 7) is 7.20. The summed E-state index contributed by atoms with van der Waals surface area (Å²) in [6.07, 6.45) is 3.99. The minimum Gasteiger partial charge on any atom is -0.488 e. The first-order valence-electron chi connectivity index (χ1n) is 12.6. The first-order chi connectivity index (χ1) is 18.6. The van der Waals surface area contributed by atoms with Crippen LogP contribution in [0.15, 0.2) is 36.7 Å². The summed E-state index contributed by atoms with van der Waals surface area (Å²) >= 11 is 0. The fourth-order valence-electron chi connectivity index (χ4n) is 4.77. The van der Waals surface area contributed by atoms with Crippen LogP contribution >= 0.6 is 0 Å². The molecule has 204 valence electrons. The number of nitrogens with one attached hydrogen (secondary N) is 1. The van der Waals surface area contributed by atoms with Crippen molar-refractivity contribution in [2.45, 2.75) is 19.9 Å². The van der Waals surface area contributed by atoms with Gasteiger partial charge in [0.1, 0.15) is 24.2 Å². The number of aromatic nitrogens is 3. The van der Waals surface area contributed by atoms with Crippen molar-refractivity contribution in [2.75, 3.05) is 60.7 Å². The summed E-state index contributed by atoms with van der Waals surface area (Å²) in [6, 6.07) is 9.33. The van der Waals surface area contributed by atoms with Crippen LogP contribution in [0.5, 0.6) is 5.75 Å². The van der Waals surface area contributed by atoms with Crippen molar-refractivity contribution >= 4 is 33.2 Å². The maximum absolute atomic E-state index is 14.9. The Bertz CT molecular complexity index is 1520. The highest BCUT2D eigenvalue weighted by molar-refractivity contribution is 7.88. The Morgan fingerprint density at radius 1 is 1.10 bits per heavy atom. The Morgan fingerprint density at radius 3 is 2.51 bits per heavy atom. The van der Waals surface area contributed by atoms with E-state index in [9.17, 15) is 18.1 Å². The molecule has 4 heterocycles. The van der Waals surface area contributed by atoms with Crippen molar-refractivity contribution in [1.29, 1.82) is 5.26 Å². The van der Waals surface area contributed by atoms with Crippen LogP contribution in [0.3, 0.4) is 0 Å². The van der Waals surface area contributed by atoms with Crippen LogP contribution in [0.4, 0.5) is 27.5 Å². The number of halogens is 1. The van der Waals surface area contributed by atoms with E-state index in [1.807, 2.05) is 6.07 Å². The third kappa shape index (κ3) is 5.57. The third-order valence-corrected chi connectivity index (χ3v) is 8.08. The van der Waals surface area contributed by atoms with Crippen molar-refractivity contribution < 1.29 is 17.5 Å². The molecule has 1 N–H and O–H groups in total. The number of anilines is 4. The molecule has 0 amide bonds. The fourth-order valence-corrected chi connectivity index (χ4v) is 5.60. The second-order valence-electron chi connectivity index (χ2n) is 9.69. The Morgan fingerprint density at radius 2 is 1.87 bits per heavy atom. The number of rotatable bonds is 6. The molecule has 1 aromatic carbocycles. The number of pyridine rings is 1. The second-order valence-corrected chi connectivity index (χ2v) is 11.7. The van der Waals surface area contributed by atoms with Crippen LogP contribution in [0.1, 0.15) is 19.4 Å². The second kappa shape index (κ2) is 10.6. The van der Waals surface area contributed by atoms with Gasteiger partial charge in [-0.15, -0.1) is 0 Å². The van der Waals surface area contributed by atoms with Crippen LogP contribution in [-0.2, 0) is 10.0 Å². The first kappa shape index (κ1) is 26.6. The number of nitriles is 1. The molecule has 5 rings (SSSR count). The van der Waals surface area contributed by atoms with Gasteiger partial charge >= 0.3 is 0 Å². The van der Waals surface area contributed by atoms with E-state index < -0.39 is 15.8 Å². The topological polar surface area (TPSA) is 128 Å². The van der Waals surface area contributed by atoms with Gasteiger partial charge in [-0.05, 0) is 38.1 Å². The Labute approximate surface area is 226 Å². The Kier molecular flexibility index (Phi) is 7.24. The standard InChI is InChI=1S/C26H29FN8O3S/c1-17(2)35-10-11-38-25-19(14-28)12-18(13-22(25)35)24-21(27)16-30-26(32-24)31-23-5-4-20(15-29-23)33-6-8-34(9-7-33)39(3,36)37/h4-5,12-13,15-17H,6-11H2,1-3H3,(H,29,30,31,32). The largest absolute Gasteiger partial charge is 0.488 e. The van der Waals surface area contributed by atoms with E-state index >= 15 is 0 Å². The lowest BCUT2D eigenvalue weighted by atomic mass is 10.0. The van der Waals surface area contributed by atoms with Gasteiger partial charge in [0.15, 0.2) is 11.6 Å². The van der Waals surface area contributed by atoms with Gasteiger partial charge in [0.2, 0.25) is 16.0 Å². The fraction of sp³-hybridized carbons (Fsp3) is 0.385.